The highest BCUT2D eigenvalue weighted by Gasteiger charge is 2.33. The minimum atomic E-state index is -0.325. The van der Waals surface area contributed by atoms with Gasteiger partial charge in [0.1, 0.15) is 5.69 Å². The van der Waals surface area contributed by atoms with E-state index in [1.807, 2.05) is 25.6 Å². The zero-order chi connectivity index (χ0) is 14.9. The molecule has 1 atom stereocenters. The molecule has 0 radical (unpaired) electrons. The molecule has 0 spiro atoms. The van der Waals surface area contributed by atoms with E-state index in [-0.39, 0.29) is 21.3 Å². The van der Waals surface area contributed by atoms with Gasteiger partial charge in [0.25, 0.3) is 0 Å². The van der Waals surface area contributed by atoms with Crippen molar-refractivity contribution in [2.45, 2.75) is 44.3 Å². The Morgan fingerprint density at radius 3 is 2.80 bits per heavy atom. The third-order valence-electron chi connectivity index (χ3n) is 3.71. The number of nitrogens with zero attached hydrogens (tertiary/aromatic N) is 3. The molecule has 2 rings (SSSR count). The largest absolute Gasteiger partial charge is 0.363 e. The van der Waals surface area contributed by atoms with Crippen molar-refractivity contribution in [3.05, 3.63) is 15.8 Å². The molecule has 1 unspecified atom stereocenters. The molecule has 7 heteroatoms. The molecule has 1 N–H and O–H groups in total. The molecule has 0 amide bonds. The summed E-state index contributed by atoms with van der Waals surface area (Å²) in [6.07, 6.45) is 2.36. The summed E-state index contributed by atoms with van der Waals surface area (Å²) in [5.74, 6) is 1.73. The van der Waals surface area contributed by atoms with E-state index in [9.17, 15) is 10.1 Å². The predicted octanol–water partition coefficient (Wildman–Crippen LogP) is 3.15. The van der Waals surface area contributed by atoms with Gasteiger partial charge in [0.15, 0.2) is 0 Å². The zero-order valence-corrected chi connectivity index (χ0v) is 13.3. The normalized spacial score (nSPS) is 22.4. The summed E-state index contributed by atoms with van der Waals surface area (Å²) in [4.78, 5) is 11.0. The van der Waals surface area contributed by atoms with Crippen molar-refractivity contribution in [1.82, 2.24) is 9.78 Å². The number of thioether (sulfide) groups is 1. The molecule has 1 saturated heterocycles. The number of nitro groups is 1. The quantitative estimate of drug-likeness (QED) is 0.667. The van der Waals surface area contributed by atoms with Crippen LogP contribution in [0.5, 0.6) is 0 Å². The zero-order valence-electron chi connectivity index (χ0n) is 12.5. The average molecular weight is 298 g/mol. The van der Waals surface area contributed by atoms with Crippen molar-refractivity contribution in [2.24, 2.45) is 7.05 Å². The second-order valence-electron chi connectivity index (χ2n) is 5.87. The Bertz CT molecular complexity index is 507. The van der Waals surface area contributed by atoms with Gasteiger partial charge >= 0.3 is 5.69 Å². The Hall–Kier alpha value is -1.24. The van der Waals surface area contributed by atoms with E-state index in [0.29, 0.717) is 11.5 Å². The van der Waals surface area contributed by atoms with Gasteiger partial charge in [-0.1, -0.05) is 13.8 Å². The number of nitrogens with one attached hydrogen (secondary N) is 1. The molecule has 20 heavy (non-hydrogen) atoms. The topological polar surface area (TPSA) is 73.0 Å². The fourth-order valence-electron chi connectivity index (χ4n) is 2.55. The first-order chi connectivity index (χ1) is 9.34. The van der Waals surface area contributed by atoms with Crippen molar-refractivity contribution in [3.8, 4) is 0 Å². The molecule has 0 aromatic carbocycles. The van der Waals surface area contributed by atoms with Gasteiger partial charge in [-0.3, -0.25) is 10.1 Å². The molecule has 0 bridgehead atoms. The highest BCUT2D eigenvalue weighted by atomic mass is 32.2. The third-order valence-corrected chi connectivity index (χ3v) is 5.25. The maximum atomic E-state index is 11.3. The summed E-state index contributed by atoms with van der Waals surface area (Å²) in [5.41, 5.74) is 0.665. The van der Waals surface area contributed by atoms with E-state index in [1.54, 1.807) is 11.7 Å². The standard InChI is InChI=1S/C13H22N4O2S/c1-9(2)10-11(17(18)19)12(16(4)15-10)14-8-13(3)6-5-7-20-13/h9,14H,5-8H2,1-4H3. The van der Waals surface area contributed by atoms with Crippen molar-refractivity contribution in [2.75, 3.05) is 17.6 Å². The van der Waals surface area contributed by atoms with Crippen LogP contribution >= 0.6 is 11.8 Å². The number of anilines is 1. The van der Waals surface area contributed by atoms with Crippen LogP contribution in [0.1, 0.15) is 45.2 Å². The van der Waals surface area contributed by atoms with Crippen molar-refractivity contribution in [1.29, 1.82) is 0 Å². The SMILES string of the molecule is CC(C)c1nn(C)c(NCC2(C)CCCS2)c1[N+](=O)[O-]. The second kappa shape index (κ2) is 5.63. The van der Waals surface area contributed by atoms with E-state index in [1.165, 1.54) is 12.2 Å². The van der Waals surface area contributed by atoms with Crippen molar-refractivity contribution >= 4 is 23.3 Å². The van der Waals surface area contributed by atoms with Gasteiger partial charge in [0.2, 0.25) is 5.82 Å². The fourth-order valence-corrected chi connectivity index (χ4v) is 3.79. The van der Waals surface area contributed by atoms with Gasteiger partial charge in [0, 0.05) is 24.3 Å². The highest BCUT2D eigenvalue weighted by molar-refractivity contribution is 8.00. The molecule has 1 aromatic rings. The van der Waals surface area contributed by atoms with Crippen LogP contribution in [-0.4, -0.2) is 31.7 Å². The Morgan fingerprint density at radius 1 is 1.60 bits per heavy atom. The minimum Gasteiger partial charge on any atom is -0.363 e. The van der Waals surface area contributed by atoms with E-state index in [2.05, 4.69) is 17.3 Å². The number of hydrogen-bond donors (Lipinski definition) is 1. The molecule has 1 fully saturated rings. The van der Waals surface area contributed by atoms with Crippen LogP contribution in [0.3, 0.4) is 0 Å². The van der Waals surface area contributed by atoms with Gasteiger partial charge in [-0.25, -0.2) is 4.68 Å². The van der Waals surface area contributed by atoms with Crippen LogP contribution in [0, 0.1) is 10.1 Å². The number of aromatic nitrogens is 2. The van der Waals surface area contributed by atoms with Gasteiger partial charge in [-0.2, -0.15) is 16.9 Å². The number of aryl methyl sites for hydroxylation is 1. The van der Waals surface area contributed by atoms with E-state index in [0.717, 1.165) is 13.0 Å². The molecule has 112 valence electrons. The van der Waals surface area contributed by atoms with E-state index >= 15 is 0 Å². The highest BCUT2D eigenvalue weighted by Crippen LogP contribution is 2.39. The molecule has 6 nitrogen and oxygen atoms in total. The maximum Gasteiger partial charge on any atom is 0.334 e. The van der Waals surface area contributed by atoms with Gasteiger partial charge in [-0.15, -0.1) is 0 Å². The Morgan fingerprint density at radius 2 is 2.30 bits per heavy atom. The Labute approximate surface area is 123 Å². The van der Waals surface area contributed by atoms with Crippen molar-refractivity contribution < 1.29 is 4.92 Å². The molecule has 1 aliphatic heterocycles. The maximum absolute atomic E-state index is 11.3. The fraction of sp³-hybridized carbons (Fsp3) is 0.769. The summed E-state index contributed by atoms with van der Waals surface area (Å²) in [7, 11) is 1.76. The average Bonchev–Trinajstić information content (AvgIpc) is 2.91. The van der Waals surface area contributed by atoms with Crippen molar-refractivity contribution in [3.63, 3.8) is 0 Å². The lowest BCUT2D eigenvalue weighted by Gasteiger charge is -2.23. The lowest BCUT2D eigenvalue weighted by molar-refractivity contribution is -0.384. The molecule has 1 aliphatic rings. The summed E-state index contributed by atoms with van der Waals surface area (Å²) in [5, 5.41) is 18.9. The first-order valence-electron chi connectivity index (χ1n) is 6.93. The molecule has 0 aliphatic carbocycles. The van der Waals surface area contributed by atoms with Crippen LogP contribution in [0.15, 0.2) is 0 Å². The van der Waals surface area contributed by atoms with Crippen LogP contribution in [0.2, 0.25) is 0 Å². The summed E-state index contributed by atoms with van der Waals surface area (Å²) in [6, 6.07) is 0. The Balaban J connectivity index is 2.24. The summed E-state index contributed by atoms with van der Waals surface area (Å²) >= 11 is 1.94. The van der Waals surface area contributed by atoms with E-state index < -0.39 is 0 Å². The van der Waals surface area contributed by atoms with Crippen LogP contribution in [0.25, 0.3) is 0 Å². The third kappa shape index (κ3) is 2.92. The number of rotatable bonds is 5. The van der Waals surface area contributed by atoms with Gasteiger partial charge < -0.3 is 5.32 Å². The first kappa shape index (κ1) is 15.2. The predicted molar refractivity (Wildman–Crippen MR) is 82.5 cm³/mol. The van der Waals surface area contributed by atoms with Crippen LogP contribution in [-0.2, 0) is 7.05 Å². The first-order valence-corrected chi connectivity index (χ1v) is 7.92. The molecular formula is C13H22N4O2S. The molecule has 2 heterocycles. The lowest BCUT2D eigenvalue weighted by Crippen LogP contribution is -2.28. The lowest BCUT2D eigenvalue weighted by atomic mass is 10.1. The number of hydrogen-bond acceptors (Lipinski definition) is 5. The molecule has 1 aromatic heterocycles. The summed E-state index contributed by atoms with van der Waals surface area (Å²) in [6.45, 7) is 6.79. The van der Waals surface area contributed by atoms with E-state index in [4.69, 9.17) is 0 Å². The van der Waals surface area contributed by atoms with Crippen LogP contribution < -0.4 is 5.32 Å². The Kier molecular flexibility index (Phi) is 4.27. The monoisotopic (exact) mass is 298 g/mol. The molecule has 0 saturated carbocycles. The summed E-state index contributed by atoms with van der Waals surface area (Å²) < 4.78 is 1.76. The minimum absolute atomic E-state index is 0.0357. The second-order valence-corrected chi connectivity index (χ2v) is 7.56. The van der Waals surface area contributed by atoms with Gasteiger partial charge in [0.05, 0.1) is 4.92 Å². The van der Waals surface area contributed by atoms with Crippen LogP contribution in [0.4, 0.5) is 11.5 Å². The van der Waals surface area contributed by atoms with Gasteiger partial charge in [-0.05, 0) is 25.5 Å². The molecular weight excluding hydrogens is 276 g/mol. The smallest absolute Gasteiger partial charge is 0.334 e.